The van der Waals surface area contributed by atoms with Gasteiger partial charge in [0.25, 0.3) is 0 Å². The molecule has 1 fully saturated rings. The molecule has 6 nitrogen and oxygen atoms in total. The summed E-state index contributed by atoms with van der Waals surface area (Å²) >= 11 is 0. The molecule has 1 unspecified atom stereocenters. The van der Waals surface area contributed by atoms with Crippen LogP contribution in [0.2, 0.25) is 0 Å². The fourth-order valence-electron chi connectivity index (χ4n) is 3.76. The first-order valence-electron chi connectivity index (χ1n) is 8.44. The van der Waals surface area contributed by atoms with Gasteiger partial charge in [0.2, 0.25) is 5.91 Å². The normalized spacial score (nSPS) is 27.4. The van der Waals surface area contributed by atoms with Crippen molar-refractivity contribution in [1.82, 2.24) is 5.32 Å². The third kappa shape index (κ3) is 2.97. The highest BCUT2D eigenvalue weighted by atomic mass is 32.2. The van der Waals surface area contributed by atoms with Crippen LogP contribution in [0.4, 0.5) is 10.5 Å². The SMILES string of the molecule is CC(=O)NC[C@@H]1OC(=O)N2c3ccc(C4=CCS(=O)CC4)cc3C[C@@H]12. The van der Waals surface area contributed by atoms with Gasteiger partial charge in [-0.05, 0) is 41.7 Å². The molecule has 3 atom stereocenters. The number of rotatable bonds is 3. The minimum Gasteiger partial charge on any atom is -0.442 e. The summed E-state index contributed by atoms with van der Waals surface area (Å²) in [6.45, 7) is 1.79. The monoisotopic (exact) mass is 360 g/mol. The van der Waals surface area contributed by atoms with Gasteiger partial charge in [0.15, 0.2) is 0 Å². The first-order chi connectivity index (χ1) is 12.0. The van der Waals surface area contributed by atoms with E-state index in [2.05, 4.69) is 17.5 Å². The molecule has 4 rings (SSSR count). The summed E-state index contributed by atoms with van der Waals surface area (Å²) in [6, 6.07) is 6.06. The smallest absolute Gasteiger partial charge is 0.415 e. The van der Waals surface area contributed by atoms with E-state index in [0.717, 1.165) is 29.7 Å². The Kier molecular flexibility index (Phi) is 4.11. The van der Waals surface area contributed by atoms with Crippen LogP contribution in [0.5, 0.6) is 0 Å². The number of hydrogen-bond acceptors (Lipinski definition) is 4. The van der Waals surface area contributed by atoms with E-state index in [4.69, 9.17) is 4.74 Å². The summed E-state index contributed by atoms with van der Waals surface area (Å²) in [7, 11) is -0.734. The number of ether oxygens (including phenoxy) is 1. The molecule has 25 heavy (non-hydrogen) atoms. The first kappa shape index (κ1) is 16.3. The predicted octanol–water partition coefficient (Wildman–Crippen LogP) is 1.61. The van der Waals surface area contributed by atoms with Gasteiger partial charge in [-0.25, -0.2) is 4.79 Å². The van der Waals surface area contributed by atoms with Gasteiger partial charge < -0.3 is 10.1 Å². The number of carbonyl (C=O) groups excluding carboxylic acids is 2. The highest BCUT2D eigenvalue weighted by Gasteiger charge is 2.47. The summed E-state index contributed by atoms with van der Waals surface area (Å²) in [4.78, 5) is 25.1. The molecular weight excluding hydrogens is 340 g/mol. The molecule has 0 spiro atoms. The molecule has 1 saturated heterocycles. The van der Waals surface area contributed by atoms with Crippen molar-refractivity contribution in [3.05, 3.63) is 35.4 Å². The van der Waals surface area contributed by atoms with E-state index in [1.165, 1.54) is 12.5 Å². The van der Waals surface area contributed by atoms with Crippen molar-refractivity contribution >= 4 is 34.1 Å². The number of anilines is 1. The second-order valence-electron chi connectivity index (χ2n) is 6.63. The largest absolute Gasteiger partial charge is 0.442 e. The lowest BCUT2D eigenvalue weighted by Gasteiger charge is -2.16. The zero-order valence-electron chi connectivity index (χ0n) is 14.0. The lowest BCUT2D eigenvalue weighted by Crippen LogP contribution is -2.40. The van der Waals surface area contributed by atoms with Crippen molar-refractivity contribution in [2.24, 2.45) is 0 Å². The van der Waals surface area contributed by atoms with E-state index in [1.807, 2.05) is 12.1 Å². The van der Waals surface area contributed by atoms with Crippen LogP contribution in [0.25, 0.3) is 5.57 Å². The van der Waals surface area contributed by atoms with E-state index < -0.39 is 10.8 Å². The number of cyclic esters (lactones) is 1. The van der Waals surface area contributed by atoms with Crippen LogP contribution in [0.1, 0.15) is 24.5 Å². The number of hydrogen-bond donors (Lipinski definition) is 1. The average Bonchev–Trinajstić information content (AvgIpc) is 3.11. The van der Waals surface area contributed by atoms with Crippen LogP contribution in [-0.2, 0) is 26.8 Å². The Morgan fingerprint density at radius 3 is 3.00 bits per heavy atom. The van der Waals surface area contributed by atoms with Gasteiger partial charge in [-0.1, -0.05) is 12.1 Å². The summed E-state index contributed by atoms with van der Waals surface area (Å²) in [5.41, 5.74) is 4.39. The molecule has 3 aliphatic rings. The highest BCUT2D eigenvalue weighted by molar-refractivity contribution is 7.85. The molecule has 1 aromatic carbocycles. The van der Waals surface area contributed by atoms with Crippen molar-refractivity contribution in [3.8, 4) is 0 Å². The number of nitrogens with one attached hydrogen (secondary N) is 1. The molecule has 1 N–H and O–H groups in total. The van der Waals surface area contributed by atoms with Crippen molar-refractivity contribution in [1.29, 1.82) is 0 Å². The van der Waals surface area contributed by atoms with Gasteiger partial charge in [0.05, 0.1) is 18.3 Å². The van der Waals surface area contributed by atoms with Crippen LogP contribution in [0, 0.1) is 0 Å². The van der Waals surface area contributed by atoms with Gasteiger partial charge in [-0.2, -0.15) is 0 Å². The number of carbonyl (C=O) groups is 2. The van der Waals surface area contributed by atoms with Crippen LogP contribution in [0.15, 0.2) is 24.3 Å². The summed E-state index contributed by atoms with van der Waals surface area (Å²) in [5.74, 6) is 1.20. The Morgan fingerprint density at radius 2 is 2.28 bits per heavy atom. The third-order valence-electron chi connectivity index (χ3n) is 5.02. The Bertz CT molecular complexity index is 804. The minimum absolute atomic E-state index is 0.0718. The highest BCUT2D eigenvalue weighted by Crippen LogP contribution is 2.40. The Balaban J connectivity index is 1.57. The average molecular weight is 360 g/mol. The Labute approximate surface area is 148 Å². The number of allylic oxidation sites excluding steroid dienone is 1. The number of benzene rings is 1. The molecule has 2 amide bonds. The lowest BCUT2D eigenvalue weighted by molar-refractivity contribution is -0.119. The van der Waals surface area contributed by atoms with Gasteiger partial charge in [-0.3, -0.25) is 13.9 Å². The van der Waals surface area contributed by atoms with Crippen molar-refractivity contribution < 1.29 is 18.5 Å². The first-order valence-corrected chi connectivity index (χ1v) is 9.93. The van der Waals surface area contributed by atoms with Crippen LogP contribution < -0.4 is 10.2 Å². The van der Waals surface area contributed by atoms with E-state index in [0.29, 0.717) is 18.1 Å². The van der Waals surface area contributed by atoms with Crippen LogP contribution in [-0.4, -0.2) is 46.4 Å². The van der Waals surface area contributed by atoms with Crippen LogP contribution in [0.3, 0.4) is 0 Å². The predicted molar refractivity (Wildman–Crippen MR) is 95.8 cm³/mol. The topological polar surface area (TPSA) is 75.7 Å². The number of fused-ring (bicyclic) bond motifs is 3. The summed E-state index contributed by atoms with van der Waals surface area (Å²) in [5, 5.41) is 2.73. The molecule has 1 aromatic rings. The standard InChI is InChI=1S/C18H20N2O4S/c1-11(21)19-10-17-16-9-14-8-13(12-4-6-25(23)7-5-12)2-3-15(14)20(16)18(22)24-17/h2-4,8,16-17H,5-7,9-10H2,1H3,(H,19,21)/t16-,17-,25?/m0/s1. The molecule has 0 aliphatic carbocycles. The fourth-order valence-corrected chi connectivity index (χ4v) is 4.76. The van der Waals surface area contributed by atoms with Gasteiger partial charge in [0, 0.05) is 29.2 Å². The minimum atomic E-state index is -0.734. The Hall–Kier alpha value is -2.15. The lowest BCUT2D eigenvalue weighted by atomic mass is 9.98. The maximum atomic E-state index is 12.2. The molecule has 3 heterocycles. The third-order valence-corrected chi connectivity index (χ3v) is 6.21. The second-order valence-corrected chi connectivity index (χ2v) is 8.26. The van der Waals surface area contributed by atoms with E-state index >= 15 is 0 Å². The van der Waals surface area contributed by atoms with Crippen LogP contribution >= 0.6 is 0 Å². The molecule has 0 aromatic heterocycles. The molecule has 132 valence electrons. The molecule has 0 saturated carbocycles. The summed E-state index contributed by atoms with van der Waals surface area (Å²) < 4.78 is 16.9. The zero-order valence-corrected chi connectivity index (χ0v) is 14.8. The van der Waals surface area contributed by atoms with E-state index in [1.54, 1.807) is 4.90 Å². The Morgan fingerprint density at radius 1 is 1.44 bits per heavy atom. The number of nitrogens with zero attached hydrogens (tertiary/aromatic N) is 1. The zero-order chi connectivity index (χ0) is 17.6. The van der Waals surface area contributed by atoms with Crippen molar-refractivity contribution in [2.45, 2.75) is 31.9 Å². The van der Waals surface area contributed by atoms with Gasteiger partial charge in [0.1, 0.15) is 6.10 Å². The van der Waals surface area contributed by atoms with Gasteiger partial charge in [-0.15, -0.1) is 0 Å². The molecule has 3 aliphatic heterocycles. The maximum Gasteiger partial charge on any atom is 0.415 e. The maximum absolute atomic E-state index is 12.2. The molecule has 0 bridgehead atoms. The van der Waals surface area contributed by atoms with Crippen molar-refractivity contribution in [2.75, 3.05) is 23.0 Å². The van der Waals surface area contributed by atoms with Gasteiger partial charge >= 0.3 is 6.09 Å². The quantitative estimate of drug-likeness (QED) is 0.889. The summed E-state index contributed by atoms with van der Waals surface area (Å²) in [6.07, 6.45) is 2.93. The molecular formula is C18H20N2O4S. The fraction of sp³-hybridized carbons (Fsp3) is 0.444. The van der Waals surface area contributed by atoms with Crippen molar-refractivity contribution in [3.63, 3.8) is 0 Å². The molecule has 7 heteroatoms. The van der Waals surface area contributed by atoms with E-state index in [-0.39, 0.29) is 24.1 Å². The number of amides is 2. The molecule has 0 radical (unpaired) electrons. The van der Waals surface area contributed by atoms with E-state index in [9.17, 15) is 13.8 Å². The second kappa shape index (κ2) is 6.29.